The molecule has 1 rings (SSSR count). The maximum Gasteiger partial charge on any atom is 0.0406 e. The van der Waals surface area contributed by atoms with E-state index >= 15 is 0 Å². The summed E-state index contributed by atoms with van der Waals surface area (Å²) in [7, 11) is 0. The molecule has 0 aromatic heterocycles. The summed E-state index contributed by atoms with van der Waals surface area (Å²) in [6.07, 6.45) is 2.31. The molecule has 0 unspecified atom stereocenters. The second-order valence-electron chi connectivity index (χ2n) is 6.32. The van der Waals surface area contributed by atoms with Gasteiger partial charge in [0.05, 0.1) is 0 Å². The Morgan fingerprint density at radius 2 is 1.78 bits per heavy atom. The van der Waals surface area contributed by atoms with Crippen molar-refractivity contribution < 1.29 is 0 Å². The summed E-state index contributed by atoms with van der Waals surface area (Å²) in [5, 5.41) is 4.37. The van der Waals surface area contributed by atoms with Crippen molar-refractivity contribution in [2.75, 3.05) is 13.1 Å². The van der Waals surface area contributed by atoms with Crippen molar-refractivity contribution in [2.45, 2.75) is 40.5 Å². The van der Waals surface area contributed by atoms with Gasteiger partial charge in [-0.3, -0.25) is 0 Å². The van der Waals surface area contributed by atoms with Gasteiger partial charge in [-0.1, -0.05) is 51.4 Å². The van der Waals surface area contributed by atoms with Gasteiger partial charge in [-0.2, -0.15) is 0 Å². The molecule has 18 heavy (non-hydrogen) atoms. The van der Waals surface area contributed by atoms with Crippen molar-refractivity contribution in [3.8, 4) is 0 Å². The van der Waals surface area contributed by atoms with E-state index in [1.807, 2.05) is 12.1 Å². The molecule has 0 saturated carbocycles. The summed E-state index contributed by atoms with van der Waals surface area (Å²) in [6, 6.07) is 8.20. The van der Waals surface area contributed by atoms with Crippen LogP contribution in [-0.2, 0) is 6.42 Å². The minimum absolute atomic E-state index is 0.342. The monoisotopic (exact) mass is 267 g/mol. The average molecular weight is 268 g/mol. The van der Waals surface area contributed by atoms with E-state index in [1.54, 1.807) is 0 Å². The molecule has 1 nitrogen and oxygen atoms in total. The maximum atomic E-state index is 5.89. The van der Waals surface area contributed by atoms with Crippen LogP contribution in [0.15, 0.2) is 24.3 Å². The Kier molecular flexibility index (Phi) is 6.17. The van der Waals surface area contributed by atoms with Gasteiger partial charge in [0.15, 0.2) is 0 Å². The van der Waals surface area contributed by atoms with Crippen molar-refractivity contribution >= 4 is 11.6 Å². The van der Waals surface area contributed by atoms with Gasteiger partial charge in [0.2, 0.25) is 0 Å². The first kappa shape index (κ1) is 15.5. The molecule has 0 aliphatic heterocycles. The highest BCUT2D eigenvalue weighted by Crippen LogP contribution is 2.22. The highest BCUT2D eigenvalue weighted by molar-refractivity contribution is 6.30. The molecule has 0 radical (unpaired) electrons. The predicted octanol–water partition coefficient (Wildman–Crippen LogP) is 4.54. The van der Waals surface area contributed by atoms with E-state index in [0.29, 0.717) is 5.41 Å². The maximum absolute atomic E-state index is 5.89. The molecule has 0 spiro atoms. The molecule has 1 aromatic rings. The molecule has 0 aliphatic carbocycles. The quantitative estimate of drug-likeness (QED) is 0.765. The molecule has 0 saturated heterocycles. The van der Waals surface area contributed by atoms with Crippen molar-refractivity contribution in [3.63, 3.8) is 0 Å². The van der Waals surface area contributed by atoms with Crippen LogP contribution in [0.5, 0.6) is 0 Å². The van der Waals surface area contributed by atoms with Gasteiger partial charge in [-0.15, -0.1) is 0 Å². The lowest BCUT2D eigenvalue weighted by Gasteiger charge is -2.25. The Balaban J connectivity index is 2.34. The van der Waals surface area contributed by atoms with Gasteiger partial charge < -0.3 is 5.32 Å². The number of hydrogen-bond donors (Lipinski definition) is 1. The van der Waals surface area contributed by atoms with Gasteiger partial charge in [0.25, 0.3) is 0 Å². The molecule has 102 valence electrons. The topological polar surface area (TPSA) is 12.0 Å². The highest BCUT2D eigenvalue weighted by Gasteiger charge is 2.17. The lowest BCUT2D eigenvalue weighted by Crippen LogP contribution is -2.32. The van der Waals surface area contributed by atoms with Crippen LogP contribution in [0.4, 0.5) is 0 Å². The Morgan fingerprint density at radius 1 is 1.17 bits per heavy atom. The Morgan fingerprint density at radius 3 is 2.33 bits per heavy atom. The van der Waals surface area contributed by atoms with Gasteiger partial charge >= 0.3 is 0 Å². The smallest absolute Gasteiger partial charge is 0.0406 e. The van der Waals surface area contributed by atoms with E-state index in [1.165, 1.54) is 12.0 Å². The number of rotatable bonds is 7. The van der Waals surface area contributed by atoms with Crippen molar-refractivity contribution in [1.82, 2.24) is 5.32 Å². The first-order valence-corrected chi connectivity index (χ1v) is 7.22. The van der Waals surface area contributed by atoms with Gasteiger partial charge in [-0.05, 0) is 48.4 Å². The van der Waals surface area contributed by atoms with Crippen LogP contribution in [0.25, 0.3) is 0 Å². The largest absolute Gasteiger partial charge is 0.316 e. The van der Waals surface area contributed by atoms with Crippen molar-refractivity contribution in [1.29, 1.82) is 0 Å². The zero-order valence-corrected chi connectivity index (χ0v) is 12.8. The van der Waals surface area contributed by atoms with Crippen LogP contribution in [0.2, 0.25) is 5.02 Å². The molecule has 1 aromatic carbocycles. The summed E-state index contributed by atoms with van der Waals surface area (Å²) >= 11 is 5.89. The molecular formula is C16H26ClN. The van der Waals surface area contributed by atoms with E-state index in [9.17, 15) is 0 Å². The molecule has 0 bridgehead atoms. The fourth-order valence-electron chi connectivity index (χ4n) is 1.92. The molecule has 2 heteroatoms. The third-order valence-electron chi connectivity index (χ3n) is 3.16. The number of aryl methyl sites for hydroxylation is 1. The Bertz CT molecular complexity index is 341. The van der Waals surface area contributed by atoms with Crippen LogP contribution < -0.4 is 5.32 Å². The average Bonchev–Trinajstić information content (AvgIpc) is 2.27. The minimum atomic E-state index is 0.342. The molecule has 0 aliphatic rings. The second-order valence-corrected chi connectivity index (χ2v) is 6.75. The van der Waals surface area contributed by atoms with Crippen LogP contribution >= 0.6 is 11.6 Å². The van der Waals surface area contributed by atoms with Crippen molar-refractivity contribution in [3.05, 3.63) is 34.9 Å². The first-order chi connectivity index (χ1) is 8.39. The SMILES string of the molecule is CC(C)CNCC(C)(C)CCc1ccc(Cl)cc1. The van der Waals surface area contributed by atoms with E-state index in [0.717, 1.165) is 30.5 Å². The molecule has 0 atom stereocenters. The van der Waals surface area contributed by atoms with Crippen LogP contribution in [0.1, 0.15) is 39.7 Å². The standard InChI is InChI=1S/C16H26ClN/c1-13(2)11-18-12-16(3,4)10-9-14-5-7-15(17)8-6-14/h5-8,13,18H,9-12H2,1-4H3. The zero-order valence-electron chi connectivity index (χ0n) is 12.1. The van der Waals surface area contributed by atoms with Gasteiger partial charge in [0.1, 0.15) is 0 Å². The fourth-order valence-corrected chi connectivity index (χ4v) is 2.05. The van der Waals surface area contributed by atoms with E-state index in [4.69, 9.17) is 11.6 Å². The molecule has 1 N–H and O–H groups in total. The Labute approximate surface area is 117 Å². The number of benzene rings is 1. The first-order valence-electron chi connectivity index (χ1n) is 6.84. The zero-order chi connectivity index (χ0) is 13.6. The summed E-state index contributed by atoms with van der Waals surface area (Å²) in [5.41, 5.74) is 1.71. The fraction of sp³-hybridized carbons (Fsp3) is 0.625. The second kappa shape index (κ2) is 7.16. The minimum Gasteiger partial charge on any atom is -0.316 e. The van der Waals surface area contributed by atoms with E-state index < -0.39 is 0 Å². The normalized spacial score (nSPS) is 12.1. The Hall–Kier alpha value is -0.530. The third-order valence-corrected chi connectivity index (χ3v) is 3.41. The number of halogens is 1. The van der Waals surface area contributed by atoms with Crippen molar-refractivity contribution in [2.24, 2.45) is 11.3 Å². The molecule has 0 amide bonds. The van der Waals surface area contributed by atoms with Gasteiger partial charge in [-0.25, -0.2) is 0 Å². The highest BCUT2D eigenvalue weighted by atomic mass is 35.5. The third kappa shape index (κ3) is 6.42. The predicted molar refractivity (Wildman–Crippen MR) is 81.3 cm³/mol. The lowest BCUT2D eigenvalue weighted by molar-refractivity contribution is 0.308. The lowest BCUT2D eigenvalue weighted by atomic mass is 9.86. The van der Waals surface area contributed by atoms with Crippen LogP contribution in [0, 0.1) is 11.3 Å². The van der Waals surface area contributed by atoms with Crippen LogP contribution in [-0.4, -0.2) is 13.1 Å². The molecular weight excluding hydrogens is 242 g/mol. The number of nitrogens with one attached hydrogen (secondary N) is 1. The summed E-state index contributed by atoms with van der Waals surface area (Å²) in [4.78, 5) is 0. The molecule has 0 heterocycles. The van der Waals surface area contributed by atoms with E-state index in [-0.39, 0.29) is 0 Å². The number of hydrogen-bond acceptors (Lipinski definition) is 1. The summed E-state index contributed by atoms with van der Waals surface area (Å²) < 4.78 is 0. The molecule has 0 fully saturated rings. The van der Waals surface area contributed by atoms with Crippen LogP contribution in [0.3, 0.4) is 0 Å². The summed E-state index contributed by atoms with van der Waals surface area (Å²) in [5.74, 6) is 0.720. The summed E-state index contributed by atoms with van der Waals surface area (Å²) in [6.45, 7) is 11.3. The van der Waals surface area contributed by atoms with Gasteiger partial charge in [0, 0.05) is 11.6 Å². The van der Waals surface area contributed by atoms with E-state index in [2.05, 4.69) is 45.1 Å².